The number of hydrogen-bond acceptors (Lipinski definition) is 8. The van der Waals surface area contributed by atoms with Gasteiger partial charge in [0.05, 0.1) is 45.1 Å². The van der Waals surface area contributed by atoms with Crippen molar-refractivity contribution in [2.24, 2.45) is 0 Å². The lowest BCUT2D eigenvalue weighted by molar-refractivity contribution is 0.0687. The number of carbonyl (C=O) groups is 1. The van der Waals surface area contributed by atoms with Gasteiger partial charge in [-0.3, -0.25) is 0 Å². The van der Waals surface area contributed by atoms with Gasteiger partial charge in [-0.15, -0.1) is 0 Å². The van der Waals surface area contributed by atoms with E-state index in [-0.39, 0.29) is 12.2 Å². The van der Waals surface area contributed by atoms with Crippen LogP contribution in [0.2, 0.25) is 0 Å². The number of carboxylic acids is 1. The molecule has 0 unspecified atom stereocenters. The first kappa shape index (κ1) is 27.1. The van der Waals surface area contributed by atoms with Crippen LogP contribution in [0.5, 0.6) is 23.0 Å². The maximum Gasteiger partial charge on any atom is 0.353 e. The zero-order chi connectivity index (χ0) is 29.2. The van der Waals surface area contributed by atoms with Crippen molar-refractivity contribution in [1.29, 1.82) is 0 Å². The molecule has 2 heterocycles. The summed E-state index contributed by atoms with van der Waals surface area (Å²) in [6, 6.07) is 24.5. The third-order valence-corrected chi connectivity index (χ3v) is 7.70. The van der Waals surface area contributed by atoms with E-state index in [1.54, 1.807) is 32.0 Å². The molecule has 0 aliphatic carbocycles. The van der Waals surface area contributed by atoms with Gasteiger partial charge in [0, 0.05) is 22.6 Å². The summed E-state index contributed by atoms with van der Waals surface area (Å²) in [5, 5.41) is 11.4. The zero-order valence-corrected chi connectivity index (χ0v) is 24.0. The Morgan fingerprint density at radius 3 is 2.36 bits per heavy atom. The maximum atomic E-state index is 13.1. The van der Waals surface area contributed by atoms with Gasteiger partial charge in [-0.2, -0.15) is 8.75 Å². The van der Waals surface area contributed by atoms with Crippen molar-refractivity contribution < 1.29 is 28.8 Å². The SMILES string of the molecule is COc1ccc(OC)c(Cn2c(C(=O)O)c(-c3ccc4nsnc4c3)c3cc(OC)c(OCc4ccccc4)cc32)c1. The highest BCUT2D eigenvalue weighted by molar-refractivity contribution is 7.00. The van der Waals surface area contributed by atoms with E-state index in [9.17, 15) is 9.90 Å². The second kappa shape index (κ2) is 11.4. The molecular formula is C32H27N3O6S. The van der Waals surface area contributed by atoms with Gasteiger partial charge < -0.3 is 28.6 Å². The van der Waals surface area contributed by atoms with Crippen molar-refractivity contribution in [1.82, 2.24) is 13.3 Å². The van der Waals surface area contributed by atoms with E-state index >= 15 is 0 Å². The van der Waals surface area contributed by atoms with Gasteiger partial charge in [0.1, 0.15) is 34.8 Å². The minimum Gasteiger partial charge on any atom is -0.497 e. The molecule has 0 saturated carbocycles. The molecule has 0 radical (unpaired) electrons. The van der Waals surface area contributed by atoms with Crippen molar-refractivity contribution in [3.63, 3.8) is 0 Å². The normalized spacial score (nSPS) is 11.1. The average molecular weight is 582 g/mol. The Labute approximate surface area is 245 Å². The summed E-state index contributed by atoms with van der Waals surface area (Å²) >= 11 is 1.11. The molecule has 0 fully saturated rings. The fraction of sp³-hybridized carbons (Fsp3) is 0.156. The van der Waals surface area contributed by atoms with Gasteiger partial charge >= 0.3 is 5.97 Å². The number of hydrogen-bond donors (Lipinski definition) is 1. The van der Waals surface area contributed by atoms with Crippen LogP contribution in [0.25, 0.3) is 33.1 Å². The second-order valence-corrected chi connectivity index (χ2v) is 10.1. The summed E-state index contributed by atoms with van der Waals surface area (Å²) in [4.78, 5) is 13.1. The molecule has 212 valence electrons. The van der Waals surface area contributed by atoms with Gasteiger partial charge in [0.2, 0.25) is 0 Å². The van der Waals surface area contributed by atoms with Crippen LogP contribution < -0.4 is 18.9 Å². The van der Waals surface area contributed by atoms with Crippen LogP contribution >= 0.6 is 11.7 Å². The summed E-state index contributed by atoms with van der Waals surface area (Å²) in [7, 11) is 4.74. The molecule has 1 N–H and O–H groups in total. The number of methoxy groups -OCH3 is 3. The predicted octanol–water partition coefficient (Wildman–Crippen LogP) is 6.66. The molecule has 2 aromatic heterocycles. The monoisotopic (exact) mass is 581 g/mol. The lowest BCUT2D eigenvalue weighted by Gasteiger charge is -2.15. The fourth-order valence-electron chi connectivity index (χ4n) is 5.16. The molecule has 9 nitrogen and oxygen atoms in total. The highest BCUT2D eigenvalue weighted by Gasteiger charge is 2.27. The molecule has 4 aromatic carbocycles. The molecule has 0 aliphatic heterocycles. The molecule has 0 bridgehead atoms. The molecule has 6 rings (SSSR count). The van der Waals surface area contributed by atoms with Gasteiger partial charge in [0.15, 0.2) is 11.5 Å². The first-order chi connectivity index (χ1) is 20.5. The van der Waals surface area contributed by atoms with Crippen molar-refractivity contribution >= 4 is 39.6 Å². The number of ether oxygens (including phenoxy) is 4. The number of aromatic carboxylic acids is 1. The van der Waals surface area contributed by atoms with Crippen LogP contribution in [0.3, 0.4) is 0 Å². The topological polar surface area (TPSA) is 105 Å². The molecular weight excluding hydrogens is 554 g/mol. The van der Waals surface area contributed by atoms with Crippen molar-refractivity contribution in [3.05, 3.63) is 95.7 Å². The van der Waals surface area contributed by atoms with E-state index in [0.717, 1.165) is 28.4 Å². The molecule has 0 amide bonds. The lowest BCUT2D eigenvalue weighted by Crippen LogP contribution is -2.11. The minimum atomic E-state index is -1.08. The Morgan fingerprint density at radius 1 is 0.833 bits per heavy atom. The summed E-state index contributed by atoms with van der Waals surface area (Å²) in [6.45, 7) is 0.517. The van der Waals surface area contributed by atoms with Gasteiger partial charge in [-0.25, -0.2) is 4.79 Å². The standard InChI is InChI=1S/C32H27N3O6S/c1-38-22-10-12-27(39-2)21(13-22)17-35-26-16-29(41-18-19-7-5-4-6-8-19)28(40-3)15-23(26)30(31(35)32(36)37)20-9-11-24-25(14-20)34-42-33-24/h4-16H,17-18H2,1-3H3,(H,36,37). The Kier molecular flexibility index (Phi) is 7.37. The van der Waals surface area contributed by atoms with E-state index in [2.05, 4.69) is 8.75 Å². The highest BCUT2D eigenvalue weighted by Crippen LogP contribution is 2.43. The van der Waals surface area contributed by atoms with Crippen molar-refractivity contribution in [2.45, 2.75) is 13.2 Å². The van der Waals surface area contributed by atoms with Gasteiger partial charge in [-0.1, -0.05) is 36.4 Å². The quantitative estimate of drug-likeness (QED) is 0.191. The number of benzene rings is 4. The molecule has 6 aromatic rings. The van der Waals surface area contributed by atoms with Crippen molar-refractivity contribution in [2.75, 3.05) is 21.3 Å². The third-order valence-electron chi connectivity index (χ3n) is 7.15. The second-order valence-electron chi connectivity index (χ2n) is 9.55. The molecule has 0 spiro atoms. The third kappa shape index (κ3) is 4.97. The molecule has 0 saturated heterocycles. The van der Waals surface area contributed by atoms with Crippen LogP contribution in [0.1, 0.15) is 21.6 Å². The van der Waals surface area contributed by atoms with Crippen molar-refractivity contribution in [3.8, 4) is 34.1 Å². The first-order valence-electron chi connectivity index (χ1n) is 13.1. The summed E-state index contributed by atoms with van der Waals surface area (Å²) in [5.41, 5.74) is 5.21. The van der Waals surface area contributed by atoms with Crippen LogP contribution in [0.4, 0.5) is 0 Å². The maximum absolute atomic E-state index is 13.1. The van der Waals surface area contributed by atoms with Crippen LogP contribution in [0, 0.1) is 0 Å². The first-order valence-corrected chi connectivity index (χ1v) is 13.8. The van der Waals surface area contributed by atoms with Crippen LogP contribution in [-0.4, -0.2) is 45.7 Å². The molecule has 10 heteroatoms. The van der Waals surface area contributed by atoms with Crippen LogP contribution in [-0.2, 0) is 13.2 Å². The van der Waals surface area contributed by atoms with Gasteiger partial charge in [0.25, 0.3) is 0 Å². The molecule has 42 heavy (non-hydrogen) atoms. The average Bonchev–Trinajstić information content (AvgIpc) is 3.61. The van der Waals surface area contributed by atoms with E-state index in [1.165, 1.54) is 0 Å². The Balaban J connectivity index is 1.60. The van der Waals surface area contributed by atoms with Gasteiger partial charge in [-0.05, 0) is 47.5 Å². The smallest absolute Gasteiger partial charge is 0.353 e. The molecule has 0 aliphatic rings. The fourth-order valence-corrected chi connectivity index (χ4v) is 5.67. The zero-order valence-electron chi connectivity index (χ0n) is 23.2. The van der Waals surface area contributed by atoms with Crippen LogP contribution in [0.15, 0.2) is 78.9 Å². The Bertz CT molecular complexity index is 1910. The summed E-state index contributed by atoms with van der Waals surface area (Å²) in [5.74, 6) is 1.15. The highest BCUT2D eigenvalue weighted by atomic mass is 32.1. The van der Waals surface area contributed by atoms with E-state index in [1.807, 2.05) is 72.8 Å². The van der Waals surface area contributed by atoms with E-state index in [0.29, 0.717) is 57.2 Å². The number of nitrogens with zero attached hydrogens (tertiary/aromatic N) is 3. The number of carboxylic acid groups (broad SMARTS) is 1. The molecule has 0 atom stereocenters. The van der Waals surface area contributed by atoms with E-state index in [4.69, 9.17) is 18.9 Å². The number of fused-ring (bicyclic) bond motifs is 2. The predicted molar refractivity (Wildman–Crippen MR) is 161 cm³/mol. The lowest BCUT2D eigenvalue weighted by atomic mass is 10.0. The number of aromatic nitrogens is 3. The summed E-state index contributed by atoms with van der Waals surface area (Å²) in [6.07, 6.45) is 0. The summed E-state index contributed by atoms with van der Waals surface area (Å²) < 4.78 is 33.5. The Hall–Kier alpha value is -5.09. The van der Waals surface area contributed by atoms with E-state index < -0.39 is 5.97 Å². The largest absolute Gasteiger partial charge is 0.497 e. The number of rotatable bonds is 10. The Morgan fingerprint density at radius 2 is 1.62 bits per heavy atom. The minimum absolute atomic E-state index is 0.111.